The summed E-state index contributed by atoms with van der Waals surface area (Å²) in [6.45, 7) is 8.49. The van der Waals surface area contributed by atoms with E-state index >= 15 is 0 Å². The number of fused-ring (bicyclic) bond motifs is 3. The lowest BCUT2D eigenvalue weighted by Gasteiger charge is -2.60. The zero-order chi connectivity index (χ0) is 24.9. The Kier molecular flexibility index (Phi) is 4.56. The van der Waals surface area contributed by atoms with Gasteiger partial charge < -0.3 is 9.80 Å². The quantitative estimate of drug-likeness (QED) is 0.528. The molecular formula is C25H27ClF2N8. The molecule has 1 spiro atoms. The van der Waals surface area contributed by atoms with Gasteiger partial charge in [0.1, 0.15) is 0 Å². The molecule has 2 aromatic heterocycles. The van der Waals surface area contributed by atoms with Crippen LogP contribution in [0.3, 0.4) is 0 Å². The van der Waals surface area contributed by atoms with E-state index in [2.05, 4.69) is 39.4 Å². The minimum atomic E-state index is -2.61. The van der Waals surface area contributed by atoms with Crippen molar-refractivity contribution in [3.05, 3.63) is 52.6 Å². The second-order valence-corrected chi connectivity index (χ2v) is 11.7. The second-order valence-electron chi connectivity index (χ2n) is 11.3. The van der Waals surface area contributed by atoms with Crippen molar-refractivity contribution >= 4 is 23.5 Å². The van der Waals surface area contributed by atoms with Crippen molar-refractivity contribution in [2.24, 2.45) is 5.41 Å². The first kappa shape index (κ1) is 22.4. The van der Waals surface area contributed by atoms with Gasteiger partial charge in [0.2, 0.25) is 11.9 Å². The SMILES string of the molecule is Cc1ccnc(N2CC3(C2)CN(c2nnc4n2-c2ccc(Cl)cc2CN(C2(C)CC(F)(F)C2)C4)C3)n1. The summed E-state index contributed by atoms with van der Waals surface area (Å²) in [5, 5.41) is 9.75. The number of aromatic nitrogens is 5. The average Bonchev–Trinajstić information content (AvgIpc) is 3.05. The lowest BCUT2D eigenvalue weighted by atomic mass is 9.73. The van der Waals surface area contributed by atoms with E-state index in [1.54, 1.807) is 6.20 Å². The maximum absolute atomic E-state index is 13.9. The first-order chi connectivity index (χ1) is 17.1. The highest BCUT2D eigenvalue weighted by atomic mass is 35.5. The Hall–Kier alpha value is -2.85. The van der Waals surface area contributed by atoms with Crippen molar-refractivity contribution in [3.63, 3.8) is 0 Å². The summed E-state index contributed by atoms with van der Waals surface area (Å²) in [5.74, 6) is -0.248. The summed E-state index contributed by atoms with van der Waals surface area (Å²) in [6.07, 6.45) is 1.51. The van der Waals surface area contributed by atoms with Gasteiger partial charge in [-0.3, -0.25) is 9.47 Å². The molecule has 8 nitrogen and oxygen atoms in total. The minimum absolute atomic E-state index is 0.146. The topological polar surface area (TPSA) is 66.2 Å². The van der Waals surface area contributed by atoms with Crippen molar-refractivity contribution in [1.82, 2.24) is 29.6 Å². The van der Waals surface area contributed by atoms with E-state index in [0.717, 1.165) is 60.8 Å². The number of hydrogen-bond donors (Lipinski definition) is 0. The zero-order valence-corrected chi connectivity index (χ0v) is 21.0. The van der Waals surface area contributed by atoms with Crippen LogP contribution in [-0.2, 0) is 13.1 Å². The van der Waals surface area contributed by atoms with Crippen molar-refractivity contribution in [2.75, 3.05) is 36.0 Å². The van der Waals surface area contributed by atoms with Gasteiger partial charge in [-0.05, 0) is 43.7 Å². The van der Waals surface area contributed by atoms with Gasteiger partial charge in [0.25, 0.3) is 5.92 Å². The first-order valence-electron chi connectivity index (χ1n) is 12.3. The Morgan fingerprint density at radius 2 is 1.72 bits per heavy atom. The van der Waals surface area contributed by atoms with Gasteiger partial charge in [-0.2, -0.15) is 0 Å². The largest absolute Gasteiger partial charge is 0.339 e. The van der Waals surface area contributed by atoms with E-state index in [1.807, 2.05) is 38.1 Å². The molecule has 1 aromatic carbocycles. The van der Waals surface area contributed by atoms with Crippen LogP contribution in [0.4, 0.5) is 20.7 Å². The molecule has 0 bridgehead atoms. The molecule has 1 aliphatic carbocycles. The van der Waals surface area contributed by atoms with Crippen molar-refractivity contribution < 1.29 is 8.78 Å². The van der Waals surface area contributed by atoms with E-state index in [4.69, 9.17) is 11.6 Å². The molecule has 11 heteroatoms. The fourth-order valence-corrected chi connectivity index (χ4v) is 6.65. The van der Waals surface area contributed by atoms with Crippen LogP contribution in [0.1, 0.15) is 36.8 Å². The number of halogens is 3. The fraction of sp³-hybridized carbons (Fsp3) is 0.520. The van der Waals surface area contributed by atoms with Crippen molar-refractivity contribution in [3.8, 4) is 5.69 Å². The van der Waals surface area contributed by atoms with Crippen LogP contribution in [0.15, 0.2) is 30.5 Å². The van der Waals surface area contributed by atoms with E-state index in [-0.39, 0.29) is 18.3 Å². The number of alkyl halides is 2. The number of benzene rings is 1. The average molecular weight is 513 g/mol. The van der Waals surface area contributed by atoms with Gasteiger partial charge in [-0.25, -0.2) is 18.7 Å². The fourth-order valence-electron chi connectivity index (χ4n) is 6.46. The highest BCUT2D eigenvalue weighted by Gasteiger charge is 2.57. The Labute approximate surface area is 212 Å². The highest BCUT2D eigenvalue weighted by molar-refractivity contribution is 6.30. The molecule has 3 aliphatic heterocycles. The molecule has 188 valence electrons. The van der Waals surface area contributed by atoms with Gasteiger partial charge in [0.05, 0.1) is 12.2 Å². The predicted octanol–water partition coefficient (Wildman–Crippen LogP) is 3.85. The molecule has 7 rings (SSSR count). The molecule has 36 heavy (non-hydrogen) atoms. The molecule has 0 amide bonds. The van der Waals surface area contributed by atoms with Crippen LogP contribution in [0.5, 0.6) is 0 Å². The molecule has 0 radical (unpaired) electrons. The van der Waals surface area contributed by atoms with Crippen LogP contribution >= 0.6 is 11.6 Å². The van der Waals surface area contributed by atoms with Crippen LogP contribution < -0.4 is 9.80 Å². The standard InChI is InChI=1S/C25H27ClF2N8/c1-16-5-6-29-21(30-16)33-12-24(13-33)14-34(15-24)22-32-31-20-9-35(23(2)10-25(27,28)11-23)8-17-7-18(26)3-4-19(17)36(20)22/h3-7H,8-15H2,1-2H3. The third kappa shape index (κ3) is 3.41. The van der Waals surface area contributed by atoms with Crippen LogP contribution in [0.2, 0.25) is 5.02 Å². The number of anilines is 2. The van der Waals surface area contributed by atoms with Gasteiger partial charge in [-0.15, -0.1) is 10.2 Å². The number of nitrogens with zero attached hydrogens (tertiary/aromatic N) is 8. The molecule has 3 fully saturated rings. The van der Waals surface area contributed by atoms with Crippen molar-refractivity contribution in [2.45, 2.75) is 51.2 Å². The summed E-state index contributed by atoms with van der Waals surface area (Å²) in [4.78, 5) is 15.6. The molecule has 1 saturated carbocycles. The Balaban J connectivity index is 1.15. The van der Waals surface area contributed by atoms with E-state index in [1.165, 1.54) is 0 Å². The van der Waals surface area contributed by atoms with Gasteiger partial charge in [0, 0.05) is 73.4 Å². The summed E-state index contributed by atoms with van der Waals surface area (Å²) in [7, 11) is 0. The smallest absolute Gasteiger partial charge is 0.251 e. The van der Waals surface area contributed by atoms with E-state index in [0.29, 0.717) is 18.1 Å². The van der Waals surface area contributed by atoms with E-state index < -0.39 is 11.5 Å². The number of hydrogen-bond acceptors (Lipinski definition) is 7. The molecule has 0 atom stereocenters. The number of rotatable bonds is 3. The molecule has 0 unspecified atom stereocenters. The van der Waals surface area contributed by atoms with Crippen LogP contribution in [-0.4, -0.2) is 67.3 Å². The molecule has 2 saturated heterocycles. The van der Waals surface area contributed by atoms with Gasteiger partial charge >= 0.3 is 0 Å². The molecule has 0 N–H and O–H groups in total. The Morgan fingerprint density at radius 1 is 0.972 bits per heavy atom. The second kappa shape index (κ2) is 7.35. The summed E-state index contributed by atoms with van der Waals surface area (Å²) in [6, 6.07) is 7.70. The maximum Gasteiger partial charge on any atom is 0.251 e. The van der Waals surface area contributed by atoms with Crippen molar-refractivity contribution in [1.29, 1.82) is 0 Å². The van der Waals surface area contributed by atoms with Crippen LogP contribution in [0, 0.1) is 12.3 Å². The van der Waals surface area contributed by atoms with E-state index in [9.17, 15) is 8.78 Å². The number of aryl methyl sites for hydroxylation is 1. The molecule has 5 heterocycles. The third-order valence-corrected chi connectivity index (χ3v) is 8.42. The summed E-state index contributed by atoms with van der Waals surface area (Å²) in [5.41, 5.74) is 2.55. The third-order valence-electron chi connectivity index (χ3n) is 8.18. The Morgan fingerprint density at radius 3 is 2.44 bits per heavy atom. The van der Waals surface area contributed by atoms with Gasteiger partial charge in [-0.1, -0.05) is 11.6 Å². The zero-order valence-electron chi connectivity index (χ0n) is 20.3. The van der Waals surface area contributed by atoms with Crippen LogP contribution in [0.25, 0.3) is 5.69 Å². The monoisotopic (exact) mass is 512 g/mol. The molecule has 4 aliphatic rings. The lowest BCUT2D eigenvalue weighted by Crippen LogP contribution is -2.73. The summed E-state index contributed by atoms with van der Waals surface area (Å²) >= 11 is 6.36. The maximum atomic E-state index is 13.9. The van der Waals surface area contributed by atoms with Gasteiger partial charge in [0.15, 0.2) is 5.82 Å². The highest BCUT2D eigenvalue weighted by Crippen LogP contribution is 2.51. The molecule has 3 aromatic rings. The minimum Gasteiger partial charge on any atom is -0.339 e. The lowest BCUT2D eigenvalue weighted by molar-refractivity contribution is -0.173. The summed E-state index contributed by atoms with van der Waals surface area (Å²) < 4.78 is 29.9. The first-order valence-corrected chi connectivity index (χ1v) is 12.7. The predicted molar refractivity (Wildman–Crippen MR) is 132 cm³/mol. The normalized spacial score (nSPS) is 23.2. The Bertz CT molecular complexity index is 1350. The molecular weight excluding hydrogens is 486 g/mol.